The van der Waals surface area contributed by atoms with Crippen LogP contribution < -0.4 is 0 Å². The van der Waals surface area contributed by atoms with E-state index in [9.17, 15) is 18.4 Å². The first-order valence-electron chi connectivity index (χ1n) is 14.4. The number of amides is 1. The maximum absolute atomic E-state index is 14.5. The van der Waals surface area contributed by atoms with Crippen LogP contribution >= 0.6 is 0 Å². The van der Waals surface area contributed by atoms with Crippen LogP contribution in [0.15, 0.2) is 42.5 Å². The van der Waals surface area contributed by atoms with Crippen LogP contribution in [-0.2, 0) is 30.8 Å². The van der Waals surface area contributed by atoms with E-state index < -0.39 is 17.2 Å². The second-order valence-electron chi connectivity index (χ2n) is 11.2. The smallest absolute Gasteiger partial charge is 0.329 e. The molecular formula is C32H38F2N2O5. The van der Waals surface area contributed by atoms with Crippen LogP contribution in [0.2, 0.25) is 0 Å². The van der Waals surface area contributed by atoms with E-state index >= 15 is 0 Å². The van der Waals surface area contributed by atoms with E-state index in [4.69, 9.17) is 14.2 Å². The van der Waals surface area contributed by atoms with E-state index in [-0.39, 0.29) is 36.6 Å². The largest absolute Gasteiger partial charge is 0.468 e. The molecular weight excluding hydrogens is 530 g/mol. The summed E-state index contributed by atoms with van der Waals surface area (Å²) in [6, 6.07) is 9.84. The van der Waals surface area contributed by atoms with Crippen LogP contribution in [-0.4, -0.2) is 66.6 Å². The summed E-state index contributed by atoms with van der Waals surface area (Å²) in [7, 11) is 1.34. The van der Waals surface area contributed by atoms with Gasteiger partial charge in [0.15, 0.2) is 0 Å². The number of benzene rings is 2. The quantitative estimate of drug-likeness (QED) is 0.346. The number of esters is 1. The maximum atomic E-state index is 14.5. The highest BCUT2D eigenvalue weighted by Crippen LogP contribution is 2.40. The molecule has 0 spiro atoms. The van der Waals surface area contributed by atoms with Crippen LogP contribution in [0.1, 0.15) is 56.4 Å². The molecule has 1 amide bonds. The molecule has 0 saturated carbocycles. The molecule has 220 valence electrons. The zero-order valence-electron chi connectivity index (χ0n) is 24.1. The van der Waals surface area contributed by atoms with E-state index in [1.54, 1.807) is 27.7 Å². The summed E-state index contributed by atoms with van der Waals surface area (Å²) in [5, 5.41) is 0.827. The molecule has 2 aliphatic rings. The van der Waals surface area contributed by atoms with Crippen molar-refractivity contribution in [2.45, 2.75) is 76.5 Å². The molecule has 5 rings (SSSR count). The van der Waals surface area contributed by atoms with Gasteiger partial charge < -0.3 is 19.1 Å². The summed E-state index contributed by atoms with van der Waals surface area (Å²) in [4.78, 5) is 29.0. The molecule has 2 saturated heterocycles. The molecule has 41 heavy (non-hydrogen) atoms. The Morgan fingerprint density at radius 2 is 1.83 bits per heavy atom. The number of carbonyl (C=O) groups is 2. The van der Waals surface area contributed by atoms with Crippen molar-refractivity contribution in [3.63, 3.8) is 0 Å². The van der Waals surface area contributed by atoms with Crippen LogP contribution in [0.3, 0.4) is 0 Å². The molecule has 2 fully saturated rings. The number of piperidine rings is 1. The minimum atomic E-state index is -0.999. The SMILES string of the molecule is CCOC1CCC(Cc2c(C)n(C(=O)N3CC[C@@](C(=O)OC)(c4ccc(F)cc4)C[C@@H]3C)c3cc(F)ccc23)OC1. The molecule has 3 aromatic rings. The molecule has 2 aromatic carbocycles. The molecule has 0 radical (unpaired) electrons. The Labute approximate surface area is 239 Å². The number of fused-ring (bicyclic) bond motifs is 1. The highest BCUT2D eigenvalue weighted by atomic mass is 19.1. The first-order chi connectivity index (χ1) is 19.7. The van der Waals surface area contributed by atoms with Crippen molar-refractivity contribution in [3.05, 3.63) is 70.9 Å². The van der Waals surface area contributed by atoms with Crippen molar-refractivity contribution in [1.29, 1.82) is 0 Å². The van der Waals surface area contributed by atoms with Crippen LogP contribution in [0.5, 0.6) is 0 Å². The molecule has 2 unspecified atom stereocenters. The minimum absolute atomic E-state index is 0.0186. The lowest BCUT2D eigenvalue weighted by Gasteiger charge is -2.44. The van der Waals surface area contributed by atoms with Gasteiger partial charge in [0.25, 0.3) is 0 Å². The predicted molar refractivity (Wildman–Crippen MR) is 151 cm³/mol. The third-order valence-electron chi connectivity index (χ3n) is 8.83. The Bertz CT molecular complexity index is 1410. The topological polar surface area (TPSA) is 70.0 Å². The number of hydrogen-bond donors (Lipinski definition) is 0. The summed E-state index contributed by atoms with van der Waals surface area (Å²) in [5.41, 5.74) is 1.90. The minimum Gasteiger partial charge on any atom is -0.468 e. The van der Waals surface area contributed by atoms with Gasteiger partial charge in [-0.1, -0.05) is 12.1 Å². The summed E-state index contributed by atoms with van der Waals surface area (Å²) in [5.74, 6) is -1.22. The average Bonchev–Trinajstić information content (AvgIpc) is 3.23. The molecule has 7 nitrogen and oxygen atoms in total. The van der Waals surface area contributed by atoms with E-state index in [0.717, 1.165) is 29.5 Å². The van der Waals surface area contributed by atoms with E-state index in [2.05, 4.69) is 0 Å². The van der Waals surface area contributed by atoms with Crippen molar-refractivity contribution >= 4 is 22.9 Å². The van der Waals surface area contributed by atoms with Gasteiger partial charge in [0, 0.05) is 36.7 Å². The van der Waals surface area contributed by atoms with E-state index in [1.165, 1.54) is 31.4 Å². The summed E-state index contributed by atoms with van der Waals surface area (Å²) < 4.78 is 46.8. The lowest BCUT2D eigenvalue weighted by Crippen LogP contribution is -2.54. The van der Waals surface area contributed by atoms with Crippen molar-refractivity contribution in [2.75, 3.05) is 26.9 Å². The first kappa shape index (κ1) is 29.2. The number of nitrogens with zero attached hydrogens (tertiary/aromatic N) is 2. The molecule has 0 aliphatic carbocycles. The maximum Gasteiger partial charge on any atom is 0.329 e. The molecule has 3 heterocycles. The number of carbonyl (C=O) groups excluding carboxylic acids is 2. The number of hydrogen-bond acceptors (Lipinski definition) is 5. The lowest BCUT2D eigenvalue weighted by molar-refractivity contribution is -0.150. The average molecular weight is 569 g/mol. The van der Waals surface area contributed by atoms with Crippen molar-refractivity contribution in [2.24, 2.45) is 0 Å². The number of aromatic nitrogens is 1. The zero-order valence-corrected chi connectivity index (χ0v) is 24.1. The third kappa shape index (κ3) is 5.49. The number of ether oxygens (including phenoxy) is 3. The van der Waals surface area contributed by atoms with Crippen LogP contribution in [0, 0.1) is 18.6 Å². The number of methoxy groups -OCH3 is 1. The second-order valence-corrected chi connectivity index (χ2v) is 11.2. The Morgan fingerprint density at radius 1 is 1.10 bits per heavy atom. The first-order valence-corrected chi connectivity index (χ1v) is 14.4. The molecule has 9 heteroatoms. The lowest BCUT2D eigenvalue weighted by atomic mass is 9.70. The van der Waals surface area contributed by atoms with E-state index in [0.29, 0.717) is 43.6 Å². The zero-order chi connectivity index (χ0) is 29.3. The van der Waals surface area contributed by atoms with Gasteiger partial charge in [-0.15, -0.1) is 0 Å². The highest BCUT2D eigenvalue weighted by Gasteiger charge is 2.48. The van der Waals surface area contributed by atoms with E-state index in [1.807, 2.05) is 20.8 Å². The monoisotopic (exact) mass is 568 g/mol. The number of rotatable bonds is 6. The Balaban J connectivity index is 1.43. The van der Waals surface area contributed by atoms with Gasteiger partial charge in [0.2, 0.25) is 0 Å². The molecule has 0 N–H and O–H groups in total. The molecule has 1 aromatic heterocycles. The van der Waals surface area contributed by atoms with Gasteiger partial charge >= 0.3 is 12.0 Å². The Hall–Kier alpha value is -3.30. The van der Waals surface area contributed by atoms with Gasteiger partial charge in [-0.2, -0.15) is 0 Å². The summed E-state index contributed by atoms with van der Waals surface area (Å²) >= 11 is 0. The van der Waals surface area contributed by atoms with Crippen molar-refractivity contribution in [3.8, 4) is 0 Å². The summed E-state index contributed by atoms with van der Waals surface area (Å²) in [6.07, 6.45) is 3.07. The molecule has 2 aliphatic heterocycles. The van der Waals surface area contributed by atoms with Gasteiger partial charge in [0.1, 0.15) is 11.6 Å². The van der Waals surface area contributed by atoms with Crippen LogP contribution in [0.4, 0.5) is 13.6 Å². The van der Waals surface area contributed by atoms with Gasteiger partial charge in [-0.3, -0.25) is 9.36 Å². The van der Waals surface area contributed by atoms with Gasteiger partial charge in [-0.25, -0.2) is 13.6 Å². The van der Waals surface area contributed by atoms with Crippen molar-refractivity contribution in [1.82, 2.24) is 9.47 Å². The van der Waals surface area contributed by atoms with Gasteiger partial charge in [0.05, 0.1) is 36.9 Å². The van der Waals surface area contributed by atoms with Gasteiger partial charge in [-0.05, 0) is 87.9 Å². The third-order valence-corrected chi connectivity index (χ3v) is 8.83. The Morgan fingerprint density at radius 3 is 2.46 bits per heavy atom. The molecule has 0 bridgehead atoms. The predicted octanol–water partition coefficient (Wildman–Crippen LogP) is 5.92. The molecule has 4 atom stereocenters. The number of likely N-dealkylation sites (tertiary alicyclic amines) is 1. The highest BCUT2D eigenvalue weighted by molar-refractivity contribution is 5.96. The Kier molecular flexibility index (Phi) is 8.47. The standard InChI is InChI=1S/C32H38F2N2O5/c1-5-40-26-12-11-25(41-19-26)17-28-21(3)36(29-16-24(34)10-13-27(28)29)31(38)35-15-14-32(18-20(35)2,30(37)39-4)22-6-8-23(33)9-7-22/h6-10,13,16,20,25-26H,5,11-12,14-15,17-19H2,1-4H3/t20-,25?,26?,32-/m0/s1. The van der Waals surface area contributed by atoms with Crippen LogP contribution in [0.25, 0.3) is 10.9 Å². The number of halogens is 2. The van der Waals surface area contributed by atoms with Crippen molar-refractivity contribution < 1.29 is 32.6 Å². The normalized spacial score (nSPS) is 24.9. The summed E-state index contributed by atoms with van der Waals surface area (Å²) in [6.45, 7) is 7.22. The second kappa shape index (κ2) is 11.9. The fourth-order valence-corrected chi connectivity index (χ4v) is 6.69. The fourth-order valence-electron chi connectivity index (χ4n) is 6.69. The fraction of sp³-hybridized carbons (Fsp3) is 0.500.